The molecule has 11 heavy (non-hydrogen) atoms. The number of aliphatic carboxylic acids is 1. The Morgan fingerprint density at radius 2 is 2.36 bits per heavy atom. The molecule has 0 radical (unpaired) electrons. The normalized spacial score (nSPS) is 19.4. The van der Waals surface area contributed by atoms with E-state index in [0.717, 1.165) is 6.42 Å². The third-order valence-corrected chi connectivity index (χ3v) is 1.87. The lowest BCUT2D eigenvalue weighted by Gasteiger charge is -2.35. The van der Waals surface area contributed by atoms with Gasteiger partial charge in [-0.3, -0.25) is 0 Å². The number of ether oxygens (including phenoxy) is 1. The van der Waals surface area contributed by atoms with E-state index in [4.69, 9.17) is 9.84 Å². The van der Waals surface area contributed by atoms with Crippen LogP contribution in [0.1, 0.15) is 13.3 Å². The van der Waals surface area contributed by atoms with Gasteiger partial charge in [-0.2, -0.15) is 0 Å². The Labute approximate surface area is 65.4 Å². The minimum absolute atomic E-state index is 0.168. The summed E-state index contributed by atoms with van der Waals surface area (Å²) in [5.74, 6) is 3.77. The lowest BCUT2D eigenvalue weighted by Crippen LogP contribution is -2.40. The average Bonchev–Trinajstić information content (AvgIpc) is 1.86. The second-order valence-electron chi connectivity index (χ2n) is 2.68. The first kappa shape index (κ1) is 8.09. The standard InChI is InChI=1S/C8H10O3/c1-2-8(5-11-6-8)4-3-7(9)10/h2,5-6H2,1H3,(H,9,10). The number of carbonyl (C=O) groups is 1. The zero-order chi connectivity index (χ0) is 8.32. The van der Waals surface area contributed by atoms with Crippen molar-refractivity contribution in [1.82, 2.24) is 0 Å². The highest BCUT2D eigenvalue weighted by atomic mass is 16.5. The Balaban J connectivity index is 2.59. The Hall–Kier alpha value is -1.01. The molecule has 3 nitrogen and oxygen atoms in total. The van der Waals surface area contributed by atoms with E-state index < -0.39 is 5.97 Å². The average molecular weight is 154 g/mol. The third-order valence-electron chi connectivity index (χ3n) is 1.87. The maximum Gasteiger partial charge on any atom is 0.381 e. The topological polar surface area (TPSA) is 46.5 Å². The molecule has 0 aliphatic carbocycles. The van der Waals surface area contributed by atoms with Crippen LogP contribution in [0.2, 0.25) is 0 Å². The summed E-state index contributed by atoms with van der Waals surface area (Å²) in [6, 6.07) is 0. The first-order valence-corrected chi connectivity index (χ1v) is 3.52. The lowest BCUT2D eigenvalue weighted by atomic mass is 9.84. The van der Waals surface area contributed by atoms with Gasteiger partial charge in [-0.1, -0.05) is 12.8 Å². The summed E-state index contributed by atoms with van der Waals surface area (Å²) < 4.78 is 4.97. The highest BCUT2D eigenvalue weighted by Gasteiger charge is 2.34. The molecule has 0 aromatic heterocycles. The molecule has 0 aromatic carbocycles. The Bertz CT molecular complexity index is 212. The van der Waals surface area contributed by atoms with Crippen molar-refractivity contribution < 1.29 is 14.6 Å². The lowest BCUT2D eigenvalue weighted by molar-refractivity contribution is -0.130. The maximum atomic E-state index is 10.1. The van der Waals surface area contributed by atoms with Gasteiger partial charge in [0.25, 0.3) is 0 Å². The molecule has 1 aliphatic heterocycles. The molecule has 0 bridgehead atoms. The summed E-state index contributed by atoms with van der Waals surface area (Å²) in [4.78, 5) is 10.1. The second kappa shape index (κ2) is 2.93. The van der Waals surface area contributed by atoms with Gasteiger partial charge in [-0.05, 0) is 6.42 Å². The first-order valence-electron chi connectivity index (χ1n) is 3.52. The van der Waals surface area contributed by atoms with Crippen molar-refractivity contribution in [3.63, 3.8) is 0 Å². The van der Waals surface area contributed by atoms with Crippen LogP contribution in [0.15, 0.2) is 0 Å². The predicted molar refractivity (Wildman–Crippen MR) is 39.0 cm³/mol. The number of carboxylic acid groups (broad SMARTS) is 1. The van der Waals surface area contributed by atoms with Crippen LogP contribution >= 0.6 is 0 Å². The van der Waals surface area contributed by atoms with E-state index >= 15 is 0 Å². The Morgan fingerprint density at radius 1 is 1.73 bits per heavy atom. The van der Waals surface area contributed by atoms with Gasteiger partial charge in [-0.25, -0.2) is 4.79 Å². The fraction of sp³-hybridized carbons (Fsp3) is 0.625. The van der Waals surface area contributed by atoms with Crippen molar-refractivity contribution in [2.24, 2.45) is 5.41 Å². The fourth-order valence-electron chi connectivity index (χ4n) is 0.899. The van der Waals surface area contributed by atoms with Crippen molar-refractivity contribution in [1.29, 1.82) is 0 Å². The third kappa shape index (κ3) is 1.72. The number of rotatable bonds is 1. The summed E-state index contributed by atoms with van der Waals surface area (Å²) in [6.45, 7) is 3.13. The van der Waals surface area contributed by atoms with Gasteiger partial charge < -0.3 is 9.84 Å². The summed E-state index contributed by atoms with van der Waals surface area (Å²) >= 11 is 0. The number of hydrogen-bond acceptors (Lipinski definition) is 2. The van der Waals surface area contributed by atoms with Crippen molar-refractivity contribution in [2.45, 2.75) is 13.3 Å². The molecule has 0 amide bonds. The first-order chi connectivity index (χ1) is 5.18. The van der Waals surface area contributed by atoms with E-state index in [1.165, 1.54) is 0 Å². The van der Waals surface area contributed by atoms with E-state index in [1.807, 2.05) is 6.92 Å². The molecule has 0 unspecified atom stereocenters. The van der Waals surface area contributed by atoms with Crippen molar-refractivity contribution in [3.8, 4) is 11.8 Å². The summed E-state index contributed by atoms with van der Waals surface area (Å²) in [7, 11) is 0. The molecule has 1 N–H and O–H groups in total. The monoisotopic (exact) mass is 154 g/mol. The van der Waals surface area contributed by atoms with Gasteiger partial charge in [0.2, 0.25) is 0 Å². The summed E-state index contributed by atoms with van der Waals surface area (Å²) in [6.07, 6.45) is 0.854. The van der Waals surface area contributed by atoms with E-state index in [0.29, 0.717) is 13.2 Å². The van der Waals surface area contributed by atoms with Crippen LogP contribution in [0.4, 0.5) is 0 Å². The molecule has 1 heterocycles. The Morgan fingerprint density at radius 3 is 2.64 bits per heavy atom. The molecule has 0 aromatic rings. The van der Waals surface area contributed by atoms with E-state index in [-0.39, 0.29) is 5.41 Å². The van der Waals surface area contributed by atoms with Crippen LogP contribution in [-0.2, 0) is 9.53 Å². The summed E-state index contributed by atoms with van der Waals surface area (Å²) in [5, 5.41) is 8.28. The van der Waals surface area contributed by atoms with Crippen molar-refractivity contribution in [3.05, 3.63) is 0 Å². The van der Waals surface area contributed by atoms with Gasteiger partial charge in [-0.15, -0.1) is 0 Å². The quantitative estimate of drug-likeness (QED) is 0.559. The zero-order valence-corrected chi connectivity index (χ0v) is 6.39. The number of hydrogen-bond donors (Lipinski definition) is 1. The van der Waals surface area contributed by atoms with Gasteiger partial charge in [0.05, 0.1) is 18.6 Å². The van der Waals surface area contributed by atoms with E-state index in [9.17, 15) is 4.79 Å². The molecule has 1 aliphatic rings. The Kier molecular flexibility index (Phi) is 2.16. The molecule has 0 spiro atoms. The summed E-state index contributed by atoms with van der Waals surface area (Å²) in [5.41, 5.74) is -0.168. The van der Waals surface area contributed by atoms with E-state index in [1.54, 1.807) is 0 Å². The SMILES string of the molecule is CCC1(C#CC(=O)O)COC1. The minimum Gasteiger partial charge on any atom is -0.472 e. The maximum absolute atomic E-state index is 10.1. The van der Waals surface area contributed by atoms with Gasteiger partial charge >= 0.3 is 5.97 Å². The molecule has 60 valence electrons. The highest BCUT2D eigenvalue weighted by molar-refractivity contribution is 5.86. The molecule has 0 saturated carbocycles. The van der Waals surface area contributed by atoms with Crippen LogP contribution in [0.5, 0.6) is 0 Å². The van der Waals surface area contributed by atoms with Crippen molar-refractivity contribution in [2.75, 3.05) is 13.2 Å². The van der Waals surface area contributed by atoms with Gasteiger partial charge in [0, 0.05) is 5.92 Å². The number of carboxylic acids is 1. The van der Waals surface area contributed by atoms with Crippen LogP contribution < -0.4 is 0 Å². The molecular weight excluding hydrogens is 144 g/mol. The molecule has 1 fully saturated rings. The fourth-order valence-corrected chi connectivity index (χ4v) is 0.899. The van der Waals surface area contributed by atoms with Crippen molar-refractivity contribution >= 4 is 5.97 Å². The second-order valence-corrected chi connectivity index (χ2v) is 2.68. The van der Waals surface area contributed by atoms with Crippen LogP contribution in [0.3, 0.4) is 0 Å². The highest BCUT2D eigenvalue weighted by Crippen LogP contribution is 2.29. The molecule has 1 rings (SSSR count). The van der Waals surface area contributed by atoms with Crippen LogP contribution in [0.25, 0.3) is 0 Å². The van der Waals surface area contributed by atoms with Gasteiger partial charge in [0.15, 0.2) is 0 Å². The van der Waals surface area contributed by atoms with Crippen LogP contribution in [-0.4, -0.2) is 24.3 Å². The smallest absolute Gasteiger partial charge is 0.381 e. The molecule has 1 saturated heterocycles. The minimum atomic E-state index is -1.07. The van der Waals surface area contributed by atoms with Gasteiger partial charge in [0.1, 0.15) is 0 Å². The molecule has 0 atom stereocenters. The van der Waals surface area contributed by atoms with Crippen LogP contribution in [0, 0.1) is 17.3 Å². The predicted octanol–water partition coefficient (Wildman–Crippen LogP) is 0.501. The molecule has 3 heteroatoms. The largest absolute Gasteiger partial charge is 0.472 e. The molecular formula is C8H10O3. The van der Waals surface area contributed by atoms with E-state index in [2.05, 4.69) is 11.8 Å². The zero-order valence-electron chi connectivity index (χ0n) is 6.39.